The van der Waals surface area contributed by atoms with E-state index in [4.69, 9.17) is 9.84 Å². The van der Waals surface area contributed by atoms with Crippen LogP contribution < -0.4 is 10.7 Å². The molecule has 0 aromatic heterocycles. The third-order valence-electron chi connectivity index (χ3n) is 3.78. The van der Waals surface area contributed by atoms with Crippen LogP contribution in [0.1, 0.15) is 26.3 Å². The molecule has 3 N–H and O–H groups in total. The molecule has 3 amide bonds. The van der Waals surface area contributed by atoms with Crippen LogP contribution in [0.2, 0.25) is 0 Å². The molecular formula is C21H27N3O6. The summed E-state index contributed by atoms with van der Waals surface area (Å²) in [6, 6.07) is 7.98. The monoisotopic (exact) mass is 417 g/mol. The molecule has 1 atom stereocenters. The Morgan fingerprint density at radius 3 is 2.37 bits per heavy atom. The van der Waals surface area contributed by atoms with Crippen LogP contribution in [0.15, 0.2) is 54.6 Å². The van der Waals surface area contributed by atoms with E-state index in [2.05, 4.69) is 10.7 Å². The zero-order chi connectivity index (χ0) is 22.5. The molecule has 30 heavy (non-hydrogen) atoms. The van der Waals surface area contributed by atoms with E-state index in [9.17, 15) is 19.2 Å². The van der Waals surface area contributed by atoms with Crippen LogP contribution >= 0.6 is 0 Å². The van der Waals surface area contributed by atoms with Crippen molar-refractivity contribution in [1.29, 1.82) is 0 Å². The first kappa shape index (κ1) is 24.4. The lowest BCUT2D eigenvalue weighted by atomic mass is 10.0. The number of allylic oxidation sites excluding steroid dienone is 3. The first-order chi connectivity index (χ1) is 14.2. The SMILES string of the molecule is CC=CC=CC(=O)N(CC(=O)O)NC(=O)[C@@H](NC(=O)OCc1ccccc1)C(C)C. The smallest absolute Gasteiger partial charge is 0.408 e. The van der Waals surface area contributed by atoms with Crippen LogP contribution in [-0.4, -0.2) is 46.6 Å². The first-order valence-corrected chi connectivity index (χ1v) is 9.35. The molecule has 0 bridgehead atoms. The lowest BCUT2D eigenvalue weighted by molar-refractivity contribution is -0.148. The number of hydrazine groups is 1. The number of hydrogen-bond donors (Lipinski definition) is 3. The molecule has 0 aliphatic heterocycles. The molecule has 1 aromatic rings. The summed E-state index contributed by atoms with van der Waals surface area (Å²) in [6.07, 6.45) is 5.00. The average Bonchev–Trinajstić information content (AvgIpc) is 2.70. The van der Waals surface area contributed by atoms with Gasteiger partial charge in [-0.15, -0.1) is 0 Å². The molecule has 162 valence electrons. The highest BCUT2D eigenvalue weighted by Crippen LogP contribution is 2.05. The lowest BCUT2D eigenvalue weighted by Gasteiger charge is -2.26. The van der Waals surface area contributed by atoms with Gasteiger partial charge >= 0.3 is 12.1 Å². The maximum absolute atomic E-state index is 12.6. The summed E-state index contributed by atoms with van der Waals surface area (Å²) in [6.45, 7) is 4.42. The Kier molecular flexibility index (Phi) is 10.4. The van der Waals surface area contributed by atoms with E-state index >= 15 is 0 Å². The number of amides is 3. The molecule has 9 nitrogen and oxygen atoms in total. The van der Waals surface area contributed by atoms with E-state index in [1.807, 2.05) is 6.07 Å². The summed E-state index contributed by atoms with van der Waals surface area (Å²) < 4.78 is 5.12. The van der Waals surface area contributed by atoms with Gasteiger partial charge in [0.25, 0.3) is 11.8 Å². The van der Waals surface area contributed by atoms with Gasteiger partial charge in [0, 0.05) is 6.08 Å². The molecule has 0 aliphatic carbocycles. The van der Waals surface area contributed by atoms with E-state index in [0.29, 0.717) is 5.01 Å². The standard InChI is InChI=1S/C21H27N3O6/c1-4-5-7-12-17(25)24(13-18(26)27)23-20(28)19(15(2)3)22-21(29)30-14-16-10-8-6-9-11-16/h4-12,15,19H,13-14H2,1-3H3,(H,22,29)(H,23,28)(H,26,27)/t19-/m0/s1. The molecule has 0 heterocycles. The number of nitrogens with zero attached hydrogens (tertiary/aromatic N) is 1. The number of carbonyl (C=O) groups is 4. The number of aliphatic carboxylic acids is 1. The number of alkyl carbamates (subject to hydrolysis) is 1. The van der Waals surface area contributed by atoms with Gasteiger partial charge in [-0.05, 0) is 18.4 Å². The molecule has 0 saturated heterocycles. The summed E-state index contributed by atoms with van der Waals surface area (Å²) in [4.78, 5) is 47.9. The van der Waals surface area contributed by atoms with Crippen molar-refractivity contribution in [1.82, 2.24) is 15.8 Å². The van der Waals surface area contributed by atoms with E-state index < -0.39 is 36.5 Å². The van der Waals surface area contributed by atoms with Crippen molar-refractivity contribution in [3.8, 4) is 0 Å². The Morgan fingerprint density at radius 2 is 1.80 bits per heavy atom. The maximum Gasteiger partial charge on any atom is 0.408 e. The number of hydrogen-bond acceptors (Lipinski definition) is 5. The van der Waals surface area contributed by atoms with E-state index in [0.717, 1.165) is 11.6 Å². The zero-order valence-electron chi connectivity index (χ0n) is 17.2. The van der Waals surface area contributed by atoms with Crippen LogP contribution in [0, 0.1) is 5.92 Å². The highest BCUT2D eigenvalue weighted by Gasteiger charge is 2.28. The van der Waals surface area contributed by atoms with Gasteiger partial charge in [0.2, 0.25) is 0 Å². The van der Waals surface area contributed by atoms with Gasteiger partial charge in [0.15, 0.2) is 0 Å². The van der Waals surface area contributed by atoms with Gasteiger partial charge in [-0.3, -0.25) is 19.8 Å². The predicted octanol–water partition coefficient (Wildman–Crippen LogP) is 2.01. The molecule has 0 fully saturated rings. The minimum Gasteiger partial charge on any atom is -0.480 e. The largest absolute Gasteiger partial charge is 0.480 e. The molecule has 0 unspecified atom stereocenters. The predicted molar refractivity (Wildman–Crippen MR) is 110 cm³/mol. The quantitative estimate of drug-likeness (QED) is 0.321. The Hall–Kier alpha value is -3.62. The van der Waals surface area contributed by atoms with Crippen molar-refractivity contribution in [3.05, 3.63) is 60.2 Å². The fraction of sp³-hybridized carbons (Fsp3) is 0.333. The summed E-state index contributed by atoms with van der Waals surface area (Å²) in [7, 11) is 0. The van der Waals surface area contributed by atoms with Crippen LogP contribution in [0.3, 0.4) is 0 Å². The second-order valence-corrected chi connectivity index (χ2v) is 6.61. The molecule has 0 saturated carbocycles. The summed E-state index contributed by atoms with van der Waals surface area (Å²) >= 11 is 0. The molecular weight excluding hydrogens is 390 g/mol. The molecule has 9 heteroatoms. The summed E-state index contributed by atoms with van der Waals surface area (Å²) in [5, 5.41) is 12.1. The topological polar surface area (TPSA) is 125 Å². The van der Waals surface area contributed by atoms with Crippen LogP contribution in [0.5, 0.6) is 0 Å². The number of nitrogens with one attached hydrogen (secondary N) is 2. The number of ether oxygens (including phenoxy) is 1. The molecule has 1 aromatic carbocycles. The minimum atomic E-state index is -1.31. The first-order valence-electron chi connectivity index (χ1n) is 9.35. The highest BCUT2D eigenvalue weighted by atomic mass is 16.5. The van der Waals surface area contributed by atoms with Gasteiger partial charge in [0.05, 0.1) is 0 Å². The summed E-state index contributed by atoms with van der Waals surface area (Å²) in [5.41, 5.74) is 3.04. The number of carbonyl (C=O) groups excluding carboxylic acids is 3. The third kappa shape index (κ3) is 9.05. The minimum absolute atomic E-state index is 0.0263. The van der Waals surface area contributed by atoms with Crippen molar-refractivity contribution < 1.29 is 29.0 Å². The van der Waals surface area contributed by atoms with Crippen molar-refractivity contribution >= 4 is 23.9 Å². The maximum atomic E-state index is 12.6. The molecule has 0 spiro atoms. The number of carboxylic acids is 1. The van der Waals surface area contributed by atoms with Crippen LogP contribution in [0.25, 0.3) is 0 Å². The number of benzene rings is 1. The van der Waals surface area contributed by atoms with Crippen molar-refractivity contribution in [3.63, 3.8) is 0 Å². The van der Waals surface area contributed by atoms with Gasteiger partial charge in [-0.2, -0.15) is 0 Å². The Bertz CT molecular complexity index is 789. The third-order valence-corrected chi connectivity index (χ3v) is 3.78. The lowest BCUT2D eigenvalue weighted by Crippen LogP contribution is -2.56. The zero-order valence-corrected chi connectivity index (χ0v) is 17.2. The van der Waals surface area contributed by atoms with Gasteiger partial charge in [-0.1, -0.05) is 62.4 Å². The Balaban J connectivity index is 2.77. The Labute approximate surface area is 175 Å². The molecule has 0 aliphatic rings. The summed E-state index contributed by atoms with van der Waals surface area (Å²) in [5.74, 6) is -3.12. The van der Waals surface area contributed by atoms with Crippen LogP contribution in [-0.2, 0) is 25.7 Å². The molecule has 1 rings (SSSR count). The van der Waals surface area contributed by atoms with Crippen molar-refractivity contribution in [2.24, 2.45) is 5.92 Å². The Morgan fingerprint density at radius 1 is 1.13 bits per heavy atom. The van der Waals surface area contributed by atoms with Crippen LogP contribution in [0.4, 0.5) is 4.79 Å². The molecule has 0 radical (unpaired) electrons. The second kappa shape index (κ2) is 12.8. The van der Waals surface area contributed by atoms with Gasteiger partial charge in [-0.25, -0.2) is 9.80 Å². The van der Waals surface area contributed by atoms with Gasteiger partial charge in [0.1, 0.15) is 19.2 Å². The number of carboxylic acid groups (broad SMARTS) is 1. The second-order valence-electron chi connectivity index (χ2n) is 6.61. The average molecular weight is 417 g/mol. The van der Waals surface area contributed by atoms with Crippen molar-refractivity contribution in [2.45, 2.75) is 33.4 Å². The van der Waals surface area contributed by atoms with E-state index in [1.54, 1.807) is 57.2 Å². The van der Waals surface area contributed by atoms with E-state index in [1.165, 1.54) is 6.08 Å². The fourth-order valence-corrected chi connectivity index (χ4v) is 2.28. The number of rotatable bonds is 9. The van der Waals surface area contributed by atoms with E-state index in [-0.39, 0.29) is 12.5 Å². The highest BCUT2D eigenvalue weighted by molar-refractivity contribution is 5.93. The van der Waals surface area contributed by atoms with Crippen molar-refractivity contribution in [2.75, 3.05) is 6.54 Å². The van der Waals surface area contributed by atoms with Gasteiger partial charge < -0.3 is 15.2 Å². The fourth-order valence-electron chi connectivity index (χ4n) is 2.28. The normalized spacial score (nSPS) is 12.0.